The van der Waals surface area contributed by atoms with Crippen molar-refractivity contribution in [2.45, 2.75) is 80.9 Å². The Bertz CT molecular complexity index is 2710. The molecule has 0 radical (unpaired) electrons. The van der Waals surface area contributed by atoms with Crippen LogP contribution in [-0.2, 0) is 52.3 Å². The molecule has 14 heteroatoms. The molecular weight excluding hydrogens is 885 g/mol. The van der Waals surface area contributed by atoms with Gasteiger partial charge in [-0.3, -0.25) is 28.8 Å². The van der Waals surface area contributed by atoms with Crippen molar-refractivity contribution in [1.82, 2.24) is 34.3 Å². The van der Waals surface area contributed by atoms with Gasteiger partial charge in [-0.2, -0.15) is 10.2 Å². The summed E-state index contributed by atoms with van der Waals surface area (Å²) in [6, 6.07) is 27.8. The van der Waals surface area contributed by atoms with Gasteiger partial charge < -0.3 is 19.4 Å². The third-order valence-electron chi connectivity index (χ3n) is 16.4. The number of halogens is 2. The normalized spacial score (nSPS) is 22.2. The van der Waals surface area contributed by atoms with E-state index < -0.39 is 10.8 Å². The van der Waals surface area contributed by atoms with Crippen LogP contribution in [0.1, 0.15) is 67.2 Å². The van der Waals surface area contributed by atoms with Crippen molar-refractivity contribution in [2.24, 2.45) is 14.1 Å². The molecule has 2 unspecified atom stereocenters. The maximum atomic E-state index is 15.2. The van der Waals surface area contributed by atoms with Crippen molar-refractivity contribution in [3.63, 3.8) is 0 Å². The highest BCUT2D eigenvalue weighted by Crippen LogP contribution is 2.50. The average molecular weight is 948 g/mol. The molecule has 4 saturated heterocycles. The number of fused-ring (bicyclic) bond motifs is 4. The number of nitrogens with zero attached hydrogens (tertiary/aromatic N) is 9. The number of rotatable bonds is 8. The van der Waals surface area contributed by atoms with Gasteiger partial charge in [-0.1, -0.05) is 60.7 Å². The van der Waals surface area contributed by atoms with Crippen molar-refractivity contribution in [2.75, 3.05) is 69.3 Å². The molecule has 70 heavy (non-hydrogen) atoms. The Balaban J connectivity index is 0.000000152. The monoisotopic (exact) mass is 948 g/mol. The predicted octanol–water partition coefficient (Wildman–Crippen LogP) is 8.10. The second-order valence-electron chi connectivity index (χ2n) is 20.5. The van der Waals surface area contributed by atoms with E-state index in [9.17, 15) is 9.59 Å². The predicted molar refractivity (Wildman–Crippen MR) is 267 cm³/mol. The molecule has 0 saturated carbocycles. The van der Waals surface area contributed by atoms with E-state index in [1.807, 2.05) is 79.9 Å². The van der Waals surface area contributed by atoms with Gasteiger partial charge >= 0.3 is 0 Å². The summed E-state index contributed by atoms with van der Waals surface area (Å²) >= 11 is 0. The number of aromatic nitrogens is 4. The standard InChI is InChI=1S/C28H32FN5O.C28H31FN4O2/c1-31-12-9-23(19-31)33-13-10-28(11-14-33)24-5-3-4-6-26(24)34(27(28)35)18-21-8-7-20(15-25(21)29)22-16-30-32(2)17-22;1-31-17-22(16-30-31)20-8-9-21(25(29)15-20)18-33-26-7-3-2-6-24(26)28(27(33)34)10-12-32(13-11-28)23-5-4-14-35-19-23/h3-8,15-17,23H,9-14,18-19H2,1-2H3;2-3,6-9,15-17,23H,4-5,10-14,18-19H2,1H3. The fourth-order valence-electron chi connectivity index (χ4n) is 12.4. The van der Waals surface area contributed by atoms with Crippen LogP contribution in [0, 0.1) is 11.6 Å². The largest absolute Gasteiger partial charge is 0.380 e. The molecule has 4 fully saturated rings. The first-order chi connectivity index (χ1) is 34.0. The summed E-state index contributed by atoms with van der Waals surface area (Å²) in [7, 11) is 5.87. The zero-order valence-electron chi connectivity index (χ0n) is 40.6. The smallest absolute Gasteiger partial charge is 0.238 e. The fourth-order valence-corrected chi connectivity index (χ4v) is 12.4. The number of carbonyl (C=O) groups is 2. The van der Waals surface area contributed by atoms with Crippen LogP contribution in [0.2, 0.25) is 0 Å². The Hall–Kier alpha value is -6.06. The molecule has 0 bridgehead atoms. The van der Waals surface area contributed by atoms with Gasteiger partial charge in [0.1, 0.15) is 11.6 Å². The second-order valence-corrected chi connectivity index (χ2v) is 20.5. The van der Waals surface area contributed by atoms with Gasteiger partial charge in [0.25, 0.3) is 0 Å². The lowest BCUT2D eigenvalue weighted by molar-refractivity contribution is -0.126. The summed E-state index contributed by atoms with van der Waals surface area (Å²) in [5.41, 5.74) is 7.41. The van der Waals surface area contributed by atoms with Gasteiger partial charge in [0.05, 0.1) is 42.9 Å². The lowest BCUT2D eigenvalue weighted by Crippen LogP contribution is -2.52. The van der Waals surface area contributed by atoms with Gasteiger partial charge in [0.15, 0.2) is 0 Å². The third-order valence-corrected chi connectivity index (χ3v) is 16.4. The van der Waals surface area contributed by atoms with E-state index in [1.165, 1.54) is 6.42 Å². The van der Waals surface area contributed by atoms with Gasteiger partial charge in [0.2, 0.25) is 11.8 Å². The van der Waals surface area contributed by atoms with Crippen molar-refractivity contribution >= 4 is 23.2 Å². The van der Waals surface area contributed by atoms with Crippen molar-refractivity contribution in [1.29, 1.82) is 0 Å². The molecule has 12 rings (SSSR count). The van der Waals surface area contributed by atoms with Crippen molar-refractivity contribution in [3.8, 4) is 22.3 Å². The first kappa shape index (κ1) is 46.3. The Morgan fingerprint density at radius 3 is 1.50 bits per heavy atom. The number of ether oxygens (including phenoxy) is 1. The molecule has 0 N–H and O–H groups in total. The van der Waals surface area contributed by atoms with Crippen LogP contribution in [0.5, 0.6) is 0 Å². The van der Waals surface area contributed by atoms with E-state index >= 15 is 8.78 Å². The third kappa shape index (κ3) is 8.46. The second kappa shape index (κ2) is 18.9. The number of hydrogen-bond acceptors (Lipinski definition) is 8. The maximum Gasteiger partial charge on any atom is 0.238 e. The zero-order chi connectivity index (χ0) is 48.1. The van der Waals surface area contributed by atoms with E-state index in [2.05, 4.69) is 44.1 Å². The summed E-state index contributed by atoms with van der Waals surface area (Å²) in [5, 5.41) is 8.36. The van der Waals surface area contributed by atoms with E-state index in [4.69, 9.17) is 4.74 Å². The van der Waals surface area contributed by atoms with Gasteiger partial charge in [-0.15, -0.1) is 0 Å². The molecule has 6 aliphatic rings. The highest BCUT2D eigenvalue weighted by molar-refractivity contribution is 6.09. The van der Waals surface area contributed by atoms with Gasteiger partial charge in [0, 0.05) is 85.4 Å². The lowest BCUT2D eigenvalue weighted by atomic mass is 9.73. The van der Waals surface area contributed by atoms with E-state index in [1.54, 1.807) is 50.9 Å². The highest BCUT2D eigenvalue weighted by Gasteiger charge is 2.54. The molecule has 12 nitrogen and oxygen atoms in total. The Labute approximate surface area is 409 Å². The molecule has 364 valence electrons. The molecule has 6 aliphatic heterocycles. The van der Waals surface area contributed by atoms with E-state index in [0.29, 0.717) is 23.2 Å². The fraction of sp³-hybridized carbons (Fsp3) is 0.429. The molecule has 6 aromatic rings. The number of carbonyl (C=O) groups excluding carboxylic acids is 2. The zero-order valence-corrected chi connectivity index (χ0v) is 40.6. The minimum atomic E-state index is -0.519. The van der Waals surface area contributed by atoms with Crippen LogP contribution in [0.4, 0.5) is 20.2 Å². The highest BCUT2D eigenvalue weighted by atomic mass is 19.1. The topological polar surface area (TPSA) is 95.2 Å². The number of likely N-dealkylation sites (N-methyl/N-ethyl adjacent to an activating group) is 1. The van der Waals surface area contributed by atoms with Crippen LogP contribution in [0.15, 0.2) is 110 Å². The molecule has 4 aromatic carbocycles. The van der Waals surface area contributed by atoms with E-state index in [-0.39, 0.29) is 36.5 Å². The van der Waals surface area contributed by atoms with Crippen molar-refractivity contribution in [3.05, 3.63) is 144 Å². The SMILES string of the molecule is CN1CCC(N2CCC3(CC2)C(=O)N(Cc2ccc(-c4cnn(C)c4)cc2F)c2ccccc23)C1.Cn1cc(-c2ccc(CN3C(=O)C4(CCN(C5CCCOC5)CC4)c4ccccc43)c(F)c2)cn1. The van der Waals surface area contributed by atoms with Gasteiger partial charge in [-0.25, -0.2) is 8.78 Å². The maximum absolute atomic E-state index is 15.2. The number of piperidine rings is 2. The molecule has 2 atom stereocenters. The molecular formula is C56H63F2N9O3. The van der Waals surface area contributed by atoms with Gasteiger partial charge in [-0.05, 0) is 131 Å². The number of likely N-dealkylation sites (tertiary alicyclic amines) is 3. The molecule has 2 aromatic heterocycles. The van der Waals surface area contributed by atoms with Crippen LogP contribution < -0.4 is 9.80 Å². The summed E-state index contributed by atoms with van der Waals surface area (Å²) in [4.78, 5) is 39.1. The van der Waals surface area contributed by atoms with Crippen LogP contribution >= 0.6 is 0 Å². The van der Waals surface area contributed by atoms with Crippen molar-refractivity contribution < 1.29 is 23.1 Å². The number of aryl methyl sites for hydroxylation is 2. The average Bonchev–Trinajstić information content (AvgIpc) is 4.22. The van der Waals surface area contributed by atoms with E-state index in [0.717, 1.165) is 136 Å². The summed E-state index contributed by atoms with van der Waals surface area (Å²) in [6.07, 6.45) is 13.9. The number of anilines is 2. The Morgan fingerprint density at radius 1 is 0.600 bits per heavy atom. The molecule has 8 heterocycles. The molecule has 0 aliphatic carbocycles. The first-order valence-electron chi connectivity index (χ1n) is 25.1. The van der Waals surface area contributed by atoms with Crippen LogP contribution in [0.3, 0.4) is 0 Å². The number of benzene rings is 4. The van der Waals surface area contributed by atoms with Crippen LogP contribution in [-0.4, -0.2) is 118 Å². The van der Waals surface area contributed by atoms with Crippen LogP contribution in [0.25, 0.3) is 22.3 Å². The quantitative estimate of drug-likeness (QED) is 0.151. The Kier molecular flexibility index (Phi) is 12.5. The number of amides is 2. The summed E-state index contributed by atoms with van der Waals surface area (Å²) in [5.74, 6) is -0.367. The molecule has 2 spiro atoms. The lowest BCUT2D eigenvalue weighted by Gasteiger charge is -2.43. The number of hydrogen-bond donors (Lipinski definition) is 0. The Morgan fingerprint density at radius 2 is 1.09 bits per heavy atom. The molecule has 2 amide bonds. The summed E-state index contributed by atoms with van der Waals surface area (Å²) in [6.45, 7) is 8.01. The summed E-state index contributed by atoms with van der Waals surface area (Å²) < 4.78 is 39.5. The number of para-hydroxylation sites is 2. The minimum Gasteiger partial charge on any atom is -0.380 e. The minimum absolute atomic E-state index is 0.106. The first-order valence-corrected chi connectivity index (χ1v) is 25.1.